The third-order valence-corrected chi connectivity index (χ3v) is 5.63. The van der Waals surface area contributed by atoms with Gasteiger partial charge in [-0.05, 0) is 63.0 Å². The predicted molar refractivity (Wildman–Crippen MR) is 116 cm³/mol. The van der Waals surface area contributed by atoms with Crippen LogP contribution in [-0.2, 0) is 11.3 Å². The van der Waals surface area contributed by atoms with E-state index in [2.05, 4.69) is 47.8 Å². The summed E-state index contributed by atoms with van der Waals surface area (Å²) in [7, 11) is 0. The van der Waals surface area contributed by atoms with Crippen LogP contribution < -0.4 is 16.0 Å². The van der Waals surface area contributed by atoms with Crippen LogP contribution in [0, 0.1) is 23.7 Å². The van der Waals surface area contributed by atoms with Crippen molar-refractivity contribution >= 4 is 11.9 Å². The van der Waals surface area contributed by atoms with E-state index in [9.17, 15) is 9.59 Å². The lowest BCUT2D eigenvalue weighted by atomic mass is 9.70. The number of allylic oxidation sites excluding steroid dienone is 1. The molecular weight excluding hydrogens is 364 g/mol. The number of aromatic nitrogens is 1. The van der Waals surface area contributed by atoms with Crippen LogP contribution in [0.2, 0.25) is 0 Å². The minimum atomic E-state index is -0.121. The first kappa shape index (κ1) is 22.9. The highest BCUT2D eigenvalue weighted by Crippen LogP contribution is 2.38. The molecule has 1 heterocycles. The first-order chi connectivity index (χ1) is 13.8. The summed E-state index contributed by atoms with van der Waals surface area (Å²) in [6.45, 7) is 11.5. The molecule has 1 aliphatic carbocycles. The SMILES string of the molecule is CC1=CC(CNC(=O)NC(C)C)C(C(C)C)CC1CC(=O)NCc1ccccn1. The molecule has 0 fully saturated rings. The molecule has 6 nitrogen and oxygen atoms in total. The van der Waals surface area contributed by atoms with Crippen molar-refractivity contribution in [2.75, 3.05) is 6.54 Å². The predicted octanol–water partition coefficient (Wildman–Crippen LogP) is 3.65. The Kier molecular flexibility index (Phi) is 8.68. The highest BCUT2D eigenvalue weighted by Gasteiger charge is 2.32. The molecule has 1 aliphatic rings. The van der Waals surface area contributed by atoms with Crippen molar-refractivity contribution in [3.63, 3.8) is 0 Å². The van der Waals surface area contributed by atoms with Crippen LogP contribution >= 0.6 is 0 Å². The van der Waals surface area contributed by atoms with Crippen LogP contribution in [0.25, 0.3) is 0 Å². The third-order valence-electron chi connectivity index (χ3n) is 5.63. The third kappa shape index (κ3) is 7.52. The van der Waals surface area contributed by atoms with Crippen LogP contribution in [0.1, 0.15) is 53.2 Å². The number of urea groups is 1. The summed E-state index contributed by atoms with van der Waals surface area (Å²) in [4.78, 5) is 28.7. The van der Waals surface area contributed by atoms with Gasteiger partial charge < -0.3 is 16.0 Å². The van der Waals surface area contributed by atoms with E-state index in [-0.39, 0.29) is 23.9 Å². The minimum Gasteiger partial charge on any atom is -0.350 e. The van der Waals surface area contributed by atoms with Crippen LogP contribution in [0.5, 0.6) is 0 Å². The number of nitrogens with one attached hydrogen (secondary N) is 3. The lowest BCUT2D eigenvalue weighted by molar-refractivity contribution is -0.122. The van der Waals surface area contributed by atoms with E-state index in [1.54, 1.807) is 6.20 Å². The monoisotopic (exact) mass is 400 g/mol. The maximum atomic E-state index is 12.5. The Hall–Kier alpha value is -2.37. The van der Waals surface area contributed by atoms with E-state index in [1.807, 2.05) is 32.0 Å². The highest BCUT2D eigenvalue weighted by molar-refractivity contribution is 5.76. The molecule has 3 unspecified atom stereocenters. The molecule has 3 amide bonds. The summed E-state index contributed by atoms with van der Waals surface area (Å²) >= 11 is 0. The van der Waals surface area contributed by atoms with Gasteiger partial charge in [-0.15, -0.1) is 0 Å². The molecule has 160 valence electrons. The van der Waals surface area contributed by atoms with E-state index in [4.69, 9.17) is 0 Å². The molecule has 0 aromatic carbocycles. The molecule has 0 saturated heterocycles. The molecule has 3 N–H and O–H groups in total. The van der Waals surface area contributed by atoms with E-state index in [0.29, 0.717) is 37.3 Å². The zero-order valence-electron chi connectivity index (χ0n) is 18.4. The average Bonchev–Trinajstić information content (AvgIpc) is 2.66. The van der Waals surface area contributed by atoms with Gasteiger partial charge in [0.1, 0.15) is 0 Å². The van der Waals surface area contributed by atoms with Gasteiger partial charge in [-0.1, -0.05) is 31.6 Å². The van der Waals surface area contributed by atoms with Gasteiger partial charge in [-0.25, -0.2) is 4.79 Å². The van der Waals surface area contributed by atoms with Gasteiger partial charge in [0, 0.05) is 25.2 Å². The maximum Gasteiger partial charge on any atom is 0.315 e. The lowest BCUT2D eigenvalue weighted by Crippen LogP contribution is -2.43. The Morgan fingerprint density at radius 1 is 1.17 bits per heavy atom. The lowest BCUT2D eigenvalue weighted by Gasteiger charge is -2.37. The molecule has 0 aliphatic heterocycles. The first-order valence-corrected chi connectivity index (χ1v) is 10.7. The van der Waals surface area contributed by atoms with Crippen molar-refractivity contribution in [2.24, 2.45) is 23.7 Å². The summed E-state index contributed by atoms with van der Waals surface area (Å²) in [5.74, 6) is 1.52. The molecule has 0 radical (unpaired) electrons. The van der Waals surface area contributed by atoms with Gasteiger partial charge in [0.25, 0.3) is 0 Å². The molecule has 6 heteroatoms. The average molecular weight is 401 g/mol. The summed E-state index contributed by atoms with van der Waals surface area (Å²) in [5, 5.41) is 8.86. The number of carbonyl (C=O) groups excluding carboxylic acids is 2. The van der Waals surface area contributed by atoms with E-state index >= 15 is 0 Å². The molecule has 2 rings (SSSR count). The number of hydrogen-bond donors (Lipinski definition) is 3. The fourth-order valence-electron chi connectivity index (χ4n) is 4.02. The molecule has 0 saturated carbocycles. The number of nitrogens with zero attached hydrogens (tertiary/aromatic N) is 1. The second kappa shape index (κ2) is 11.0. The zero-order valence-corrected chi connectivity index (χ0v) is 18.4. The zero-order chi connectivity index (χ0) is 21.4. The Morgan fingerprint density at radius 3 is 2.55 bits per heavy atom. The second-order valence-electron chi connectivity index (χ2n) is 8.73. The fraction of sp³-hybridized carbons (Fsp3) is 0.609. The Bertz CT molecular complexity index is 700. The Morgan fingerprint density at radius 2 is 1.93 bits per heavy atom. The van der Waals surface area contributed by atoms with Gasteiger partial charge in [0.15, 0.2) is 0 Å². The van der Waals surface area contributed by atoms with Crippen molar-refractivity contribution in [1.82, 2.24) is 20.9 Å². The van der Waals surface area contributed by atoms with Gasteiger partial charge in [-0.3, -0.25) is 9.78 Å². The standard InChI is InChI=1S/C23H36N4O2/c1-15(2)21-11-18(12-22(28)25-14-20-8-6-7-9-24-20)17(5)10-19(21)13-26-23(29)27-16(3)4/h6-10,15-16,18-19,21H,11-14H2,1-5H3,(H,25,28)(H2,26,27,29). The fourth-order valence-corrected chi connectivity index (χ4v) is 4.02. The smallest absolute Gasteiger partial charge is 0.315 e. The number of rotatable bonds is 8. The number of hydrogen-bond acceptors (Lipinski definition) is 3. The van der Waals surface area contributed by atoms with Gasteiger partial charge in [-0.2, -0.15) is 0 Å². The van der Waals surface area contributed by atoms with Gasteiger partial charge >= 0.3 is 6.03 Å². The van der Waals surface area contributed by atoms with E-state index in [1.165, 1.54) is 5.57 Å². The van der Waals surface area contributed by atoms with E-state index < -0.39 is 0 Å². The van der Waals surface area contributed by atoms with Gasteiger partial charge in [0.05, 0.1) is 12.2 Å². The molecule has 3 atom stereocenters. The minimum absolute atomic E-state index is 0.0591. The Labute approximate surface area is 174 Å². The van der Waals surface area contributed by atoms with Crippen LogP contribution in [0.4, 0.5) is 4.79 Å². The van der Waals surface area contributed by atoms with Crippen LogP contribution in [0.15, 0.2) is 36.0 Å². The largest absolute Gasteiger partial charge is 0.350 e. The first-order valence-electron chi connectivity index (χ1n) is 10.7. The Balaban J connectivity index is 1.93. The van der Waals surface area contributed by atoms with Crippen LogP contribution in [-0.4, -0.2) is 29.5 Å². The van der Waals surface area contributed by atoms with Crippen molar-refractivity contribution in [3.05, 3.63) is 41.7 Å². The summed E-state index contributed by atoms with van der Waals surface area (Å²) in [6.07, 6.45) is 5.46. The highest BCUT2D eigenvalue weighted by atomic mass is 16.2. The maximum absolute atomic E-state index is 12.5. The molecular formula is C23H36N4O2. The van der Waals surface area contributed by atoms with Crippen LogP contribution in [0.3, 0.4) is 0 Å². The summed E-state index contributed by atoms with van der Waals surface area (Å²) in [5.41, 5.74) is 2.11. The normalized spacial score (nSPS) is 21.6. The topological polar surface area (TPSA) is 83.1 Å². The van der Waals surface area contributed by atoms with Crippen molar-refractivity contribution in [1.29, 1.82) is 0 Å². The number of amides is 3. The molecule has 0 bridgehead atoms. The van der Waals surface area contributed by atoms with E-state index in [0.717, 1.165) is 12.1 Å². The molecule has 29 heavy (non-hydrogen) atoms. The van der Waals surface area contributed by atoms with Crippen molar-refractivity contribution in [2.45, 2.75) is 60.0 Å². The van der Waals surface area contributed by atoms with Crippen molar-refractivity contribution < 1.29 is 9.59 Å². The summed E-state index contributed by atoms with van der Waals surface area (Å²) < 4.78 is 0. The quantitative estimate of drug-likeness (QED) is 0.583. The number of carbonyl (C=O) groups is 2. The molecule has 0 spiro atoms. The summed E-state index contributed by atoms with van der Waals surface area (Å²) in [6, 6.07) is 5.70. The number of pyridine rings is 1. The second-order valence-corrected chi connectivity index (χ2v) is 8.73. The molecule has 1 aromatic rings. The van der Waals surface area contributed by atoms with Crippen molar-refractivity contribution in [3.8, 4) is 0 Å². The molecule has 1 aromatic heterocycles. The van der Waals surface area contributed by atoms with Gasteiger partial charge in [0.2, 0.25) is 5.91 Å².